The van der Waals surface area contributed by atoms with Gasteiger partial charge in [0, 0.05) is 5.41 Å². The lowest BCUT2D eigenvalue weighted by atomic mass is 9.33. The molecule has 17 nitrogen and oxygen atoms in total. The highest BCUT2D eigenvalue weighted by Crippen LogP contribution is 2.76. The second-order valence-corrected chi connectivity index (χ2v) is 23.3. The number of rotatable bonds is 8. The van der Waals surface area contributed by atoms with Crippen molar-refractivity contribution in [1.29, 1.82) is 0 Å². The summed E-state index contributed by atoms with van der Waals surface area (Å²) in [5, 5.41) is 107. The van der Waals surface area contributed by atoms with Gasteiger partial charge in [0.1, 0.15) is 61.0 Å². The number of carboxylic acids is 1. The van der Waals surface area contributed by atoms with Crippen LogP contribution >= 0.6 is 0 Å². The Hall–Kier alpha value is -1.39. The number of fused-ring (bicyclic) bond motifs is 7. The summed E-state index contributed by atoms with van der Waals surface area (Å²) in [5.41, 5.74) is 0.775. The molecule has 3 saturated heterocycles. The molecule has 0 unspecified atom stereocenters. The average molecular weight is 913 g/mol. The molecule has 5 aliphatic carbocycles. The molecule has 0 aromatic rings. The molecule has 3 heterocycles. The Morgan fingerprint density at radius 3 is 1.98 bits per heavy atom. The van der Waals surface area contributed by atoms with Crippen LogP contribution in [0.3, 0.4) is 0 Å². The van der Waals surface area contributed by atoms with Crippen LogP contribution in [0.5, 0.6) is 0 Å². The highest BCUT2D eigenvalue weighted by Gasteiger charge is 2.69. The van der Waals surface area contributed by atoms with Gasteiger partial charge < -0.3 is 79.5 Å². The van der Waals surface area contributed by atoms with Gasteiger partial charge >= 0.3 is 5.97 Å². The van der Waals surface area contributed by atoms with Gasteiger partial charge in [0.15, 0.2) is 25.0 Å². The van der Waals surface area contributed by atoms with Gasteiger partial charge in [-0.15, -0.1) is 0 Å². The Balaban J connectivity index is 1.06. The van der Waals surface area contributed by atoms with Gasteiger partial charge in [0.25, 0.3) is 0 Å². The van der Waals surface area contributed by atoms with Crippen LogP contribution < -0.4 is 0 Å². The lowest BCUT2D eigenvalue weighted by Crippen LogP contribution is -2.68. The number of aliphatic hydroxyl groups is 9. The SMILES string of the molecule is CC1(C)C[C@@H](O)[C@]2(C)CC[C@]3(C)C(=CC[C@@H]4[C@@]5(C)CC[C@H](O[C@@H]6O[C@H](C(=O)O)[C@@H](O)[C@H](O)[C@H]6O[C@@H]6O[C@H](CO)[C@H](O)[C@H](O)[C@H]6O[C@@H]6OC[C@@H](O)[C@H](O)[C@H]6O)C(C)(C)[C@@H]5CC[C@]43C)[C@@H]2C1. The third-order valence-electron chi connectivity index (χ3n) is 19.0. The maximum absolute atomic E-state index is 12.4. The van der Waals surface area contributed by atoms with Gasteiger partial charge in [-0.3, -0.25) is 0 Å². The van der Waals surface area contributed by atoms with E-state index in [1.807, 2.05) is 0 Å². The third kappa shape index (κ3) is 7.58. The molecule has 366 valence electrons. The number of carbonyl (C=O) groups is 1. The van der Waals surface area contributed by atoms with Gasteiger partial charge in [0.2, 0.25) is 0 Å². The zero-order valence-corrected chi connectivity index (χ0v) is 38.7. The Morgan fingerprint density at radius 2 is 1.33 bits per heavy atom. The van der Waals surface area contributed by atoms with Crippen LogP contribution in [0.25, 0.3) is 0 Å². The molecule has 17 heteroatoms. The summed E-state index contributed by atoms with van der Waals surface area (Å²) in [5.74, 6) is -0.718. The molecule has 0 amide bonds. The maximum Gasteiger partial charge on any atom is 0.335 e. The molecule has 7 fully saturated rings. The molecule has 0 radical (unpaired) electrons. The van der Waals surface area contributed by atoms with E-state index in [0.29, 0.717) is 18.3 Å². The molecule has 23 atom stereocenters. The Morgan fingerprint density at radius 1 is 0.688 bits per heavy atom. The molecule has 10 N–H and O–H groups in total. The summed E-state index contributed by atoms with van der Waals surface area (Å²) in [6.07, 6.45) is -14.7. The van der Waals surface area contributed by atoms with Crippen molar-refractivity contribution in [2.45, 2.75) is 211 Å². The van der Waals surface area contributed by atoms with Crippen LogP contribution in [0.1, 0.15) is 113 Å². The van der Waals surface area contributed by atoms with E-state index in [4.69, 9.17) is 28.4 Å². The molecule has 4 saturated carbocycles. The van der Waals surface area contributed by atoms with E-state index in [2.05, 4.69) is 61.5 Å². The fraction of sp³-hybridized carbons (Fsp3) is 0.936. The summed E-state index contributed by atoms with van der Waals surface area (Å²) in [4.78, 5) is 12.4. The predicted octanol–water partition coefficient (Wildman–Crippen LogP) is 1.34. The fourth-order valence-electron chi connectivity index (χ4n) is 14.9. The minimum Gasteiger partial charge on any atom is -0.479 e. The van der Waals surface area contributed by atoms with E-state index in [0.717, 1.165) is 51.4 Å². The number of hydrogen-bond donors (Lipinski definition) is 10. The van der Waals surface area contributed by atoms with Gasteiger partial charge in [0.05, 0.1) is 25.4 Å². The van der Waals surface area contributed by atoms with Gasteiger partial charge in [-0.25, -0.2) is 4.79 Å². The first-order valence-electron chi connectivity index (χ1n) is 23.6. The zero-order chi connectivity index (χ0) is 46.9. The highest BCUT2D eigenvalue weighted by atomic mass is 16.8. The van der Waals surface area contributed by atoms with Crippen molar-refractivity contribution >= 4 is 5.97 Å². The van der Waals surface area contributed by atoms with E-state index < -0.39 is 117 Å². The molecule has 0 bridgehead atoms. The van der Waals surface area contributed by atoms with Crippen LogP contribution in [0.4, 0.5) is 0 Å². The van der Waals surface area contributed by atoms with E-state index in [9.17, 15) is 55.9 Å². The van der Waals surface area contributed by atoms with E-state index in [1.165, 1.54) is 0 Å². The smallest absolute Gasteiger partial charge is 0.335 e. The maximum atomic E-state index is 12.4. The van der Waals surface area contributed by atoms with Crippen molar-refractivity contribution < 1.29 is 84.3 Å². The van der Waals surface area contributed by atoms with Gasteiger partial charge in [-0.2, -0.15) is 0 Å². The minimum atomic E-state index is -2.01. The first-order valence-corrected chi connectivity index (χ1v) is 23.6. The molecule has 0 aromatic heterocycles. The second-order valence-electron chi connectivity index (χ2n) is 23.3. The number of aliphatic hydroxyl groups excluding tert-OH is 9. The third-order valence-corrected chi connectivity index (χ3v) is 19.0. The summed E-state index contributed by atoms with van der Waals surface area (Å²) in [6.45, 7) is 17.4. The molecule has 3 aliphatic heterocycles. The molecular formula is C47H76O17. The Labute approximate surface area is 376 Å². The number of hydrogen-bond acceptors (Lipinski definition) is 16. The standard InChI is InChI=1S/C47H76O17/c1-42(2)17-22-21-9-10-26-45(6)13-12-28(43(3,4)25(45)11-14-47(26,8)46(21,7)16-15-44(22,5)27(50)18-42)61-41-37(33(55)32(54)35(62-41)38(57)58)64-40-36(31(53)30(52)24(19-48)60-40)63-39-34(56)29(51)23(49)20-59-39/h9,22-37,39-41,48-56H,10-20H2,1-8H3,(H,57,58)/t22-,23+,24+,25-,26+,27+,28-,29-,30-,31-,32-,33-,34+,35-,36+,37+,39-,40-,41+,44+,45-,46+,47+/m0/s1. The second kappa shape index (κ2) is 16.9. The zero-order valence-electron chi connectivity index (χ0n) is 38.7. The van der Waals surface area contributed by atoms with Crippen molar-refractivity contribution in [3.05, 3.63) is 11.6 Å². The number of aliphatic carboxylic acids is 1. The van der Waals surface area contributed by atoms with Gasteiger partial charge in [-0.05, 0) is 103 Å². The first kappa shape index (κ1) is 49.0. The summed E-state index contributed by atoms with van der Waals surface area (Å²) in [7, 11) is 0. The van der Waals surface area contributed by atoms with Crippen LogP contribution in [-0.2, 0) is 33.2 Å². The van der Waals surface area contributed by atoms with Crippen molar-refractivity contribution in [1.82, 2.24) is 0 Å². The number of carboxylic acid groups (broad SMARTS) is 1. The van der Waals surface area contributed by atoms with Crippen molar-refractivity contribution in [3.8, 4) is 0 Å². The monoisotopic (exact) mass is 913 g/mol. The minimum absolute atomic E-state index is 0.000132. The molecule has 0 spiro atoms. The normalized spacial score (nSPS) is 54.6. The molecule has 8 rings (SSSR count). The molecule has 8 aliphatic rings. The van der Waals surface area contributed by atoms with E-state index in [1.54, 1.807) is 5.57 Å². The Kier molecular flexibility index (Phi) is 13.0. The number of ether oxygens (including phenoxy) is 6. The average Bonchev–Trinajstić information content (AvgIpc) is 3.21. The van der Waals surface area contributed by atoms with Crippen molar-refractivity contribution in [2.75, 3.05) is 13.2 Å². The van der Waals surface area contributed by atoms with Crippen LogP contribution in [-0.4, -0.2) is 168 Å². The largest absolute Gasteiger partial charge is 0.479 e. The van der Waals surface area contributed by atoms with Crippen molar-refractivity contribution in [2.24, 2.45) is 50.2 Å². The summed E-state index contributed by atoms with van der Waals surface area (Å²) >= 11 is 0. The number of allylic oxidation sites excluding steroid dienone is 2. The van der Waals surface area contributed by atoms with Crippen LogP contribution in [0, 0.1) is 50.2 Å². The molecule has 64 heavy (non-hydrogen) atoms. The quantitative estimate of drug-likeness (QED) is 0.122. The lowest BCUT2D eigenvalue weighted by molar-refractivity contribution is -0.392. The summed E-state index contributed by atoms with van der Waals surface area (Å²) < 4.78 is 36.0. The van der Waals surface area contributed by atoms with Gasteiger partial charge in [-0.1, -0.05) is 67.0 Å². The predicted molar refractivity (Wildman–Crippen MR) is 225 cm³/mol. The van der Waals surface area contributed by atoms with E-state index in [-0.39, 0.29) is 39.1 Å². The molecular weight excluding hydrogens is 836 g/mol. The highest BCUT2D eigenvalue weighted by molar-refractivity contribution is 5.73. The Bertz CT molecular complexity index is 1760. The first-order chi connectivity index (χ1) is 29.8. The fourth-order valence-corrected chi connectivity index (χ4v) is 14.9. The van der Waals surface area contributed by atoms with Crippen LogP contribution in [0.2, 0.25) is 0 Å². The summed E-state index contributed by atoms with van der Waals surface area (Å²) in [6, 6.07) is 0. The van der Waals surface area contributed by atoms with E-state index >= 15 is 0 Å². The molecule has 0 aromatic carbocycles. The van der Waals surface area contributed by atoms with Crippen LogP contribution in [0.15, 0.2) is 11.6 Å². The topological polar surface area (TPSA) is 275 Å². The lowest BCUT2D eigenvalue weighted by Gasteiger charge is -2.71. The van der Waals surface area contributed by atoms with Crippen molar-refractivity contribution in [3.63, 3.8) is 0 Å².